The monoisotopic (exact) mass is 431 g/mol. The van der Waals surface area contributed by atoms with Crippen LogP contribution < -0.4 is 16.2 Å². The number of nitrogens with one attached hydrogen (secondary N) is 2. The van der Waals surface area contributed by atoms with Gasteiger partial charge in [-0.05, 0) is 29.8 Å². The van der Waals surface area contributed by atoms with E-state index in [1.54, 1.807) is 30.3 Å². The second kappa shape index (κ2) is 9.19. The van der Waals surface area contributed by atoms with Gasteiger partial charge in [-0.3, -0.25) is 9.59 Å². The molecule has 1 aromatic carbocycles. The van der Waals surface area contributed by atoms with Crippen LogP contribution in [0.4, 0.5) is 10.5 Å². The van der Waals surface area contributed by atoms with Gasteiger partial charge in [-0.1, -0.05) is 29.8 Å². The summed E-state index contributed by atoms with van der Waals surface area (Å²) in [6, 6.07) is 9.47. The van der Waals surface area contributed by atoms with Crippen molar-refractivity contribution in [2.75, 3.05) is 5.32 Å². The first-order chi connectivity index (χ1) is 14.3. The molecule has 2 aromatic heterocycles. The van der Waals surface area contributed by atoms with E-state index in [0.29, 0.717) is 10.6 Å². The van der Waals surface area contributed by atoms with Crippen molar-refractivity contribution in [1.82, 2.24) is 9.88 Å². The molecule has 3 rings (SSSR count). The largest absolute Gasteiger partial charge is 0.505 e. The van der Waals surface area contributed by atoms with Crippen molar-refractivity contribution in [1.29, 1.82) is 0 Å². The number of carbonyl (C=O) groups excluding carboxylic acids is 1. The van der Waals surface area contributed by atoms with Crippen LogP contribution in [-0.2, 0) is 11.3 Å². The van der Waals surface area contributed by atoms with Crippen LogP contribution in [0.25, 0.3) is 0 Å². The number of amides is 2. The summed E-state index contributed by atoms with van der Waals surface area (Å²) in [7, 11) is 0. The fourth-order valence-corrected chi connectivity index (χ4v) is 3.01. The fourth-order valence-electron chi connectivity index (χ4n) is 2.81. The molecule has 0 radical (unpaired) electrons. The number of nitrogens with zero attached hydrogens (tertiary/aromatic N) is 1. The van der Waals surface area contributed by atoms with E-state index in [9.17, 15) is 19.5 Å². The molecule has 1 atom stereocenters. The Morgan fingerprint density at radius 3 is 2.60 bits per heavy atom. The molecule has 9 nitrogen and oxygen atoms in total. The number of pyridine rings is 1. The lowest BCUT2D eigenvalue weighted by Gasteiger charge is -2.16. The Morgan fingerprint density at radius 2 is 1.93 bits per heavy atom. The average Bonchev–Trinajstić information content (AvgIpc) is 3.23. The van der Waals surface area contributed by atoms with Gasteiger partial charge in [0.05, 0.1) is 25.3 Å². The van der Waals surface area contributed by atoms with Crippen molar-refractivity contribution in [3.8, 4) is 5.75 Å². The Bertz CT molecular complexity index is 1110. The minimum absolute atomic E-state index is 0.128. The zero-order valence-corrected chi connectivity index (χ0v) is 16.3. The maximum absolute atomic E-state index is 12.7. The number of carboxylic acids is 1. The third-order valence-corrected chi connectivity index (χ3v) is 4.62. The van der Waals surface area contributed by atoms with Gasteiger partial charge in [-0.25, -0.2) is 4.79 Å². The Hall–Kier alpha value is -3.72. The number of carboxylic acid groups (broad SMARTS) is 1. The molecule has 0 spiro atoms. The molecule has 0 aliphatic heterocycles. The summed E-state index contributed by atoms with van der Waals surface area (Å²) < 4.78 is 6.43. The molecule has 30 heavy (non-hydrogen) atoms. The maximum Gasteiger partial charge on any atom is 0.320 e. The summed E-state index contributed by atoms with van der Waals surface area (Å²) in [5.74, 6) is -1.35. The lowest BCUT2D eigenvalue weighted by atomic mass is 10.1. The first-order valence-electron chi connectivity index (χ1n) is 8.83. The van der Waals surface area contributed by atoms with Crippen molar-refractivity contribution in [3.05, 3.63) is 81.6 Å². The molecular weight excluding hydrogens is 414 g/mol. The number of aromatic hydroxyl groups is 1. The van der Waals surface area contributed by atoms with Crippen molar-refractivity contribution in [2.45, 2.75) is 19.0 Å². The van der Waals surface area contributed by atoms with Gasteiger partial charge in [0, 0.05) is 11.2 Å². The lowest BCUT2D eigenvalue weighted by Crippen LogP contribution is -2.36. The van der Waals surface area contributed by atoms with Crippen LogP contribution in [-0.4, -0.2) is 26.8 Å². The smallest absolute Gasteiger partial charge is 0.320 e. The quantitative estimate of drug-likeness (QED) is 0.454. The topological polar surface area (TPSA) is 134 Å². The van der Waals surface area contributed by atoms with Gasteiger partial charge in [-0.2, -0.15) is 0 Å². The van der Waals surface area contributed by atoms with Crippen molar-refractivity contribution in [2.24, 2.45) is 0 Å². The molecule has 4 N–H and O–H groups in total. The van der Waals surface area contributed by atoms with Crippen molar-refractivity contribution in [3.63, 3.8) is 0 Å². The third-order valence-electron chi connectivity index (χ3n) is 4.25. The first-order valence-corrected chi connectivity index (χ1v) is 9.21. The zero-order chi connectivity index (χ0) is 21.7. The number of hydrogen-bond acceptors (Lipinski definition) is 5. The highest BCUT2D eigenvalue weighted by Gasteiger charge is 2.22. The first kappa shape index (κ1) is 21.0. The van der Waals surface area contributed by atoms with E-state index >= 15 is 0 Å². The van der Waals surface area contributed by atoms with Gasteiger partial charge in [0.25, 0.3) is 5.56 Å². The molecule has 0 saturated carbocycles. The van der Waals surface area contributed by atoms with E-state index in [-0.39, 0.29) is 18.0 Å². The average molecular weight is 432 g/mol. The van der Waals surface area contributed by atoms with Gasteiger partial charge in [0.2, 0.25) is 0 Å². The molecule has 156 valence electrons. The van der Waals surface area contributed by atoms with Crippen LogP contribution in [0.1, 0.15) is 23.8 Å². The number of furan rings is 1. The summed E-state index contributed by atoms with van der Waals surface area (Å²) in [4.78, 5) is 36.2. The predicted octanol–water partition coefficient (Wildman–Crippen LogP) is 3.19. The second-order valence-corrected chi connectivity index (χ2v) is 6.77. The Balaban J connectivity index is 1.80. The molecule has 2 heterocycles. The SMILES string of the molecule is O=C(O)CC(NC(=O)Nc1c(O)ccn(Cc2ccccc2Cl)c1=O)c1ccco1. The number of anilines is 1. The number of aliphatic carboxylic acids is 1. The molecule has 0 saturated heterocycles. The molecular formula is C20H18ClN3O6. The van der Waals surface area contributed by atoms with Crippen LogP contribution in [0, 0.1) is 0 Å². The van der Waals surface area contributed by atoms with Crippen LogP contribution >= 0.6 is 11.6 Å². The normalized spacial score (nSPS) is 11.6. The summed E-state index contributed by atoms with van der Waals surface area (Å²) in [5.41, 5.74) is -0.324. The number of hydrogen-bond donors (Lipinski definition) is 4. The minimum atomic E-state index is -1.15. The number of rotatable bonds is 7. The molecule has 0 bridgehead atoms. The van der Waals surface area contributed by atoms with Crippen molar-refractivity contribution >= 4 is 29.3 Å². The molecule has 1 unspecified atom stereocenters. The zero-order valence-electron chi connectivity index (χ0n) is 15.5. The van der Waals surface area contributed by atoms with Crippen LogP contribution in [0.15, 0.2) is 64.1 Å². The van der Waals surface area contributed by atoms with E-state index in [0.717, 1.165) is 0 Å². The summed E-state index contributed by atoms with van der Waals surface area (Å²) >= 11 is 6.13. The van der Waals surface area contributed by atoms with Gasteiger partial charge in [0.1, 0.15) is 11.5 Å². The van der Waals surface area contributed by atoms with Gasteiger partial charge in [-0.15, -0.1) is 0 Å². The number of halogens is 1. The van der Waals surface area contributed by atoms with Gasteiger partial charge >= 0.3 is 12.0 Å². The Morgan fingerprint density at radius 1 is 1.17 bits per heavy atom. The van der Waals surface area contributed by atoms with E-state index in [1.165, 1.54) is 29.2 Å². The molecule has 0 aliphatic rings. The summed E-state index contributed by atoms with van der Waals surface area (Å²) in [5, 5.41) is 24.3. The number of benzene rings is 1. The molecule has 10 heteroatoms. The predicted molar refractivity (Wildman–Crippen MR) is 109 cm³/mol. The van der Waals surface area contributed by atoms with Crippen LogP contribution in [0.3, 0.4) is 0 Å². The standard InChI is InChI=1S/C20H18ClN3O6/c21-13-5-2-1-4-12(13)11-24-8-7-15(25)18(19(24)28)23-20(29)22-14(10-17(26)27)16-6-3-9-30-16/h1-9,14,25H,10-11H2,(H,26,27)(H2,22,23,29). The highest BCUT2D eigenvalue weighted by molar-refractivity contribution is 6.31. The van der Waals surface area contributed by atoms with E-state index < -0.39 is 35.8 Å². The molecule has 0 fully saturated rings. The second-order valence-electron chi connectivity index (χ2n) is 6.36. The molecule has 0 aliphatic carbocycles. The fraction of sp³-hybridized carbons (Fsp3) is 0.150. The van der Waals surface area contributed by atoms with Gasteiger partial charge in [0.15, 0.2) is 5.69 Å². The summed E-state index contributed by atoms with van der Waals surface area (Å²) in [6.07, 6.45) is 2.29. The van der Waals surface area contributed by atoms with Crippen molar-refractivity contribution < 1.29 is 24.2 Å². The van der Waals surface area contributed by atoms with Crippen LogP contribution in [0.5, 0.6) is 5.75 Å². The number of aromatic nitrogens is 1. The van der Waals surface area contributed by atoms with E-state index in [4.69, 9.17) is 21.1 Å². The minimum Gasteiger partial charge on any atom is -0.505 e. The summed E-state index contributed by atoms with van der Waals surface area (Å²) in [6.45, 7) is 0.128. The lowest BCUT2D eigenvalue weighted by molar-refractivity contribution is -0.137. The molecule has 3 aromatic rings. The Labute approximate surface area is 175 Å². The highest BCUT2D eigenvalue weighted by atomic mass is 35.5. The molecule has 2 amide bonds. The maximum atomic E-state index is 12.7. The van der Waals surface area contributed by atoms with E-state index in [2.05, 4.69) is 10.6 Å². The Kier molecular flexibility index (Phi) is 6.43. The van der Waals surface area contributed by atoms with E-state index in [1.807, 2.05) is 0 Å². The van der Waals surface area contributed by atoms with Gasteiger partial charge < -0.3 is 29.8 Å². The number of carbonyl (C=O) groups is 2. The third kappa shape index (κ3) is 5.00. The number of urea groups is 1. The van der Waals surface area contributed by atoms with Crippen LogP contribution in [0.2, 0.25) is 5.02 Å². The highest BCUT2D eigenvalue weighted by Crippen LogP contribution is 2.21.